The Morgan fingerprint density at radius 3 is 2.65 bits per heavy atom. The summed E-state index contributed by atoms with van der Waals surface area (Å²) in [5.41, 5.74) is 1.55. The molecular weight excluding hydrogens is 232 g/mol. The van der Waals surface area contributed by atoms with E-state index in [0.717, 1.165) is 11.6 Å². The molecule has 0 amide bonds. The highest BCUT2D eigenvalue weighted by molar-refractivity contribution is 6.33. The summed E-state index contributed by atoms with van der Waals surface area (Å²) in [5, 5.41) is 12.9. The van der Waals surface area contributed by atoms with Gasteiger partial charge in [-0.1, -0.05) is 25.4 Å². The Labute approximate surface area is 108 Å². The zero-order chi connectivity index (χ0) is 12.4. The van der Waals surface area contributed by atoms with E-state index in [-0.39, 0.29) is 0 Å². The molecule has 1 aliphatic rings. The lowest BCUT2D eigenvalue weighted by Gasteiger charge is -2.21. The largest absolute Gasteiger partial charge is 0.381 e. The second-order valence-corrected chi connectivity index (χ2v) is 5.38. The second kappa shape index (κ2) is 4.98. The van der Waals surface area contributed by atoms with Crippen LogP contribution in [0, 0.1) is 23.2 Å². The van der Waals surface area contributed by atoms with Gasteiger partial charge in [-0.2, -0.15) is 5.26 Å². The molecule has 0 saturated heterocycles. The van der Waals surface area contributed by atoms with E-state index < -0.39 is 0 Å². The average molecular weight is 249 g/mol. The van der Waals surface area contributed by atoms with Crippen LogP contribution >= 0.6 is 11.6 Å². The van der Waals surface area contributed by atoms with Gasteiger partial charge in [-0.25, -0.2) is 0 Å². The number of rotatable bonds is 2. The van der Waals surface area contributed by atoms with E-state index in [0.29, 0.717) is 22.5 Å². The molecule has 1 saturated carbocycles. The lowest BCUT2D eigenvalue weighted by molar-refractivity contribution is 0.435. The van der Waals surface area contributed by atoms with Crippen LogP contribution in [-0.4, -0.2) is 6.04 Å². The molecule has 0 aromatic heterocycles. The first-order valence-electron chi connectivity index (χ1n) is 6.08. The summed E-state index contributed by atoms with van der Waals surface area (Å²) in [6, 6.07) is 8.01. The molecule has 1 aromatic carbocycles. The Morgan fingerprint density at radius 2 is 2.12 bits per heavy atom. The second-order valence-electron chi connectivity index (χ2n) is 4.97. The quantitative estimate of drug-likeness (QED) is 0.857. The number of nitrogens with one attached hydrogen (secondary N) is 1. The van der Waals surface area contributed by atoms with Crippen LogP contribution < -0.4 is 5.32 Å². The number of nitrogens with zero attached hydrogens (tertiary/aromatic N) is 1. The molecule has 1 N–H and O–H groups in total. The number of hydrogen-bond donors (Lipinski definition) is 1. The molecule has 90 valence electrons. The summed E-state index contributed by atoms with van der Waals surface area (Å²) in [7, 11) is 0. The van der Waals surface area contributed by atoms with Crippen LogP contribution in [-0.2, 0) is 0 Å². The molecule has 3 unspecified atom stereocenters. The molecule has 0 spiro atoms. The van der Waals surface area contributed by atoms with E-state index in [1.165, 1.54) is 12.8 Å². The van der Waals surface area contributed by atoms with Gasteiger partial charge in [-0.15, -0.1) is 0 Å². The van der Waals surface area contributed by atoms with Crippen LogP contribution in [0.4, 0.5) is 5.69 Å². The maximum Gasteiger partial charge on any atom is 0.0992 e. The number of benzene rings is 1. The van der Waals surface area contributed by atoms with Crippen molar-refractivity contribution in [3.8, 4) is 6.07 Å². The van der Waals surface area contributed by atoms with E-state index in [1.54, 1.807) is 12.1 Å². The van der Waals surface area contributed by atoms with Gasteiger partial charge >= 0.3 is 0 Å². The zero-order valence-electron chi connectivity index (χ0n) is 10.2. The predicted octanol–water partition coefficient (Wildman–Crippen LogP) is 4.06. The fraction of sp³-hybridized carbons (Fsp3) is 0.500. The standard InChI is InChI=1S/C14H17ClN2/c1-9-3-5-13(10(9)2)17-14-6-4-11(8-16)7-12(14)15/h4,6-7,9-10,13,17H,3,5H2,1-2H3. The predicted molar refractivity (Wildman–Crippen MR) is 71.1 cm³/mol. The molecule has 0 aliphatic heterocycles. The van der Waals surface area contributed by atoms with E-state index in [9.17, 15) is 0 Å². The number of halogens is 1. The summed E-state index contributed by atoms with van der Waals surface area (Å²) in [6.07, 6.45) is 2.46. The molecule has 0 bridgehead atoms. The van der Waals surface area contributed by atoms with Crippen molar-refractivity contribution in [1.82, 2.24) is 0 Å². The Balaban J connectivity index is 2.12. The van der Waals surface area contributed by atoms with Gasteiger partial charge in [0.05, 0.1) is 22.3 Å². The molecule has 3 atom stereocenters. The molecule has 0 heterocycles. The van der Waals surface area contributed by atoms with Gasteiger partial charge in [-0.3, -0.25) is 0 Å². The Morgan fingerprint density at radius 1 is 1.35 bits per heavy atom. The first kappa shape index (κ1) is 12.3. The van der Waals surface area contributed by atoms with Crippen LogP contribution in [0.15, 0.2) is 18.2 Å². The number of hydrogen-bond acceptors (Lipinski definition) is 2. The number of nitriles is 1. The molecule has 1 fully saturated rings. The minimum Gasteiger partial charge on any atom is -0.381 e. The van der Waals surface area contributed by atoms with Crippen molar-refractivity contribution >= 4 is 17.3 Å². The third-order valence-electron chi connectivity index (χ3n) is 3.90. The van der Waals surface area contributed by atoms with Crippen LogP contribution in [0.25, 0.3) is 0 Å². The van der Waals surface area contributed by atoms with Crippen LogP contribution in [0.3, 0.4) is 0 Å². The number of anilines is 1. The van der Waals surface area contributed by atoms with Crippen molar-refractivity contribution in [3.05, 3.63) is 28.8 Å². The molecule has 1 aromatic rings. The smallest absolute Gasteiger partial charge is 0.0992 e. The molecular formula is C14H17ClN2. The van der Waals surface area contributed by atoms with Gasteiger partial charge < -0.3 is 5.32 Å². The third-order valence-corrected chi connectivity index (χ3v) is 4.22. The van der Waals surface area contributed by atoms with Crippen LogP contribution in [0.5, 0.6) is 0 Å². The van der Waals surface area contributed by atoms with Gasteiger partial charge in [-0.05, 0) is 42.9 Å². The van der Waals surface area contributed by atoms with Gasteiger partial charge in [0.1, 0.15) is 0 Å². The van der Waals surface area contributed by atoms with Gasteiger partial charge in [0, 0.05) is 6.04 Å². The van der Waals surface area contributed by atoms with Crippen molar-refractivity contribution in [2.75, 3.05) is 5.32 Å². The fourth-order valence-corrected chi connectivity index (χ4v) is 2.70. The third kappa shape index (κ3) is 2.56. The van der Waals surface area contributed by atoms with E-state index in [4.69, 9.17) is 16.9 Å². The van der Waals surface area contributed by atoms with Gasteiger partial charge in [0.2, 0.25) is 0 Å². The van der Waals surface area contributed by atoms with Crippen LogP contribution in [0.2, 0.25) is 5.02 Å². The summed E-state index contributed by atoms with van der Waals surface area (Å²) in [6.45, 7) is 4.58. The van der Waals surface area contributed by atoms with E-state index in [2.05, 4.69) is 25.2 Å². The Bertz CT molecular complexity index is 450. The Kier molecular flexibility index (Phi) is 3.59. The minimum atomic E-state index is 0.496. The van der Waals surface area contributed by atoms with Crippen molar-refractivity contribution in [2.45, 2.75) is 32.7 Å². The average Bonchev–Trinajstić information content (AvgIpc) is 2.63. The van der Waals surface area contributed by atoms with Gasteiger partial charge in [0.25, 0.3) is 0 Å². The summed E-state index contributed by atoms with van der Waals surface area (Å²) in [4.78, 5) is 0. The summed E-state index contributed by atoms with van der Waals surface area (Å²) >= 11 is 6.16. The first-order valence-corrected chi connectivity index (χ1v) is 6.46. The molecule has 1 aliphatic carbocycles. The molecule has 3 heteroatoms. The van der Waals surface area contributed by atoms with Crippen molar-refractivity contribution < 1.29 is 0 Å². The van der Waals surface area contributed by atoms with Crippen molar-refractivity contribution in [1.29, 1.82) is 5.26 Å². The van der Waals surface area contributed by atoms with Crippen molar-refractivity contribution in [2.24, 2.45) is 11.8 Å². The molecule has 2 rings (SSSR count). The SMILES string of the molecule is CC1CCC(Nc2ccc(C#N)cc2Cl)C1C. The van der Waals surface area contributed by atoms with E-state index >= 15 is 0 Å². The molecule has 17 heavy (non-hydrogen) atoms. The van der Waals surface area contributed by atoms with Crippen molar-refractivity contribution in [3.63, 3.8) is 0 Å². The fourth-order valence-electron chi connectivity index (χ4n) is 2.47. The van der Waals surface area contributed by atoms with Crippen LogP contribution in [0.1, 0.15) is 32.3 Å². The normalized spacial score (nSPS) is 27.8. The molecule has 2 nitrogen and oxygen atoms in total. The summed E-state index contributed by atoms with van der Waals surface area (Å²) < 4.78 is 0. The molecule has 0 radical (unpaired) electrons. The maximum absolute atomic E-state index is 8.78. The van der Waals surface area contributed by atoms with E-state index in [1.807, 2.05) is 6.07 Å². The monoisotopic (exact) mass is 248 g/mol. The Hall–Kier alpha value is -1.20. The lowest BCUT2D eigenvalue weighted by atomic mass is 9.97. The summed E-state index contributed by atoms with van der Waals surface area (Å²) in [5.74, 6) is 1.44. The minimum absolute atomic E-state index is 0.496. The maximum atomic E-state index is 8.78. The highest BCUT2D eigenvalue weighted by Crippen LogP contribution is 2.34. The highest BCUT2D eigenvalue weighted by atomic mass is 35.5. The van der Waals surface area contributed by atoms with Gasteiger partial charge in [0.15, 0.2) is 0 Å². The highest BCUT2D eigenvalue weighted by Gasteiger charge is 2.29. The first-order chi connectivity index (χ1) is 8.11. The topological polar surface area (TPSA) is 35.8 Å². The zero-order valence-corrected chi connectivity index (χ0v) is 11.0. The lowest BCUT2D eigenvalue weighted by Crippen LogP contribution is -2.24.